The Hall–Kier alpha value is -0.960. The molecule has 1 saturated heterocycles. The van der Waals surface area contributed by atoms with E-state index >= 15 is 0 Å². The lowest BCUT2D eigenvalue weighted by Gasteiger charge is -2.38. The molecule has 0 atom stereocenters. The SMILES string of the molecule is CCC(C)(C)c1ccc(CN2CC(F)(F)C2)cc1. The van der Waals surface area contributed by atoms with Crippen LogP contribution >= 0.6 is 0 Å². The molecular weight excluding hydrogens is 232 g/mol. The molecule has 2 rings (SSSR count). The van der Waals surface area contributed by atoms with Crippen molar-refractivity contribution in [3.63, 3.8) is 0 Å². The largest absolute Gasteiger partial charge is 0.287 e. The minimum absolute atomic E-state index is 0.102. The lowest BCUT2D eigenvalue weighted by molar-refractivity contribution is -0.133. The Morgan fingerprint density at radius 3 is 2.17 bits per heavy atom. The Morgan fingerprint density at radius 2 is 1.72 bits per heavy atom. The van der Waals surface area contributed by atoms with Crippen LogP contribution in [0.3, 0.4) is 0 Å². The van der Waals surface area contributed by atoms with Crippen molar-refractivity contribution in [2.24, 2.45) is 0 Å². The van der Waals surface area contributed by atoms with Crippen molar-refractivity contribution < 1.29 is 8.78 Å². The fraction of sp³-hybridized carbons (Fsp3) is 0.600. The number of halogens is 2. The highest BCUT2D eigenvalue weighted by Gasteiger charge is 2.43. The summed E-state index contributed by atoms with van der Waals surface area (Å²) in [4.78, 5) is 1.78. The maximum atomic E-state index is 12.7. The number of likely N-dealkylation sites (tertiary alicyclic amines) is 1. The predicted octanol–water partition coefficient (Wildman–Crippen LogP) is 3.83. The normalized spacial score (nSPS) is 19.6. The van der Waals surface area contributed by atoms with Crippen LogP contribution in [0, 0.1) is 0 Å². The monoisotopic (exact) mass is 253 g/mol. The van der Waals surface area contributed by atoms with Gasteiger partial charge < -0.3 is 0 Å². The molecule has 1 aliphatic rings. The van der Waals surface area contributed by atoms with Gasteiger partial charge in [-0.25, -0.2) is 8.78 Å². The molecule has 18 heavy (non-hydrogen) atoms. The molecule has 1 heterocycles. The highest BCUT2D eigenvalue weighted by molar-refractivity contribution is 5.28. The van der Waals surface area contributed by atoms with Gasteiger partial charge in [0, 0.05) is 6.54 Å². The average molecular weight is 253 g/mol. The first-order chi connectivity index (χ1) is 8.32. The highest BCUT2D eigenvalue weighted by Crippen LogP contribution is 2.29. The fourth-order valence-corrected chi connectivity index (χ4v) is 2.24. The summed E-state index contributed by atoms with van der Waals surface area (Å²) in [5.74, 6) is -2.47. The minimum atomic E-state index is -2.47. The third-order valence-corrected chi connectivity index (χ3v) is 3.94. The quantitative estimate of drug-likeness (QED) is 0.788. The van der Waals surface area contributed by atoms with Crippen LogP contribution < -0.4 is 0 Å². The third-order valence-electron chi connectivity index (χ3n) is 3.94. The highest BCUT2D eigenvalue weighted by atomic mass is 19.3. The van der Waals surface area contributed by atoms with E-state index in [-0.39, 0.29) is 18.5 Å². The first-order valence-corrected chi connectivity index (χ1v) is 6.52. The Labute approximate surface area is 108 Å². The molecule has 1 fully saturated rings. The molecular formula is C15H21F2N. The number of alkyl halides is 2. The molecule has 0 radical (unpaired) electrons. The predicted molar refractivity (Wildman–Crippen MR) is 70.0 cm³/mol. The van der Waals surface area contributed by atoms with Gasteiger partial charge in [0.2, 0.25) is 0 Å². The van der Waals surface area contributed by atoms with Gasteiger partial charge >= 0.3 is 0 Å². The van der Waals surface area contributed by atoms with E-state index in [1.54, 1.807) is 4.90 Å². The smallest absolute Gasteiger partial charge is 0.272 e. The molecule has 1 aromatic carbocycles. The number of benzene rings is 1. The van der Waals surface area contributed by atoms with E-state index in [4.69, 9.17) is 0 Å². The molecule has 0 saturated carbocycles. The first-order valence-electron chi connectivity index (χ1n) is 6.52. The van der Waals surface area contributed by atoms with Gasteiger partial charge in [0.15, 0.2) is 0 Å². The molecule has 0 bridgehead atoms. The lowest BCUT2D eigenvalue weighted by Crippen LogP contribution is -2.55. The summed E-state index contributed by atoms with van der Waals surface area (Å²) >= 11 is 0. The van der Waals surface area contributed by atoms with E-state index in [1.807, 2.05) is 0 Å². The van der Waals surface area contributed by atoms with Crippen LogP contribution in [0.2, 0.25) is 0 Å². The number of rotatable bonds is 4. The van der Waals surface area contributed by atoms with Gasteiger partial charge in [0.1, 0.15) is 0 Å². The van der Waals surface area contributed by atoms with E-state index in [0.717, 1.165) is 12.0 Å². The maximum Gasteiger partial charge on any atom is 0.272 e. The van der Waals surface area contributed by atoms with Crippen molar-refractivity contribution in [1.82, 2.24) is 4.90 Å². The zero-order chi connectivity index (χ0) is 13.4. The average Bonchev–Trinajstić information content (AvgIpc) is 2.27. The Morgan fingerprint density at radius 1 is 1.17 bits per heavy atom. The second-order valence-corrected chi connectivity index (χ2v) is 5.94. The first kappa shape index (κ1) is 13.5. The van der Waals surface area contributed by atoms with Crippen molar-refractivity contribution in [2.75, 3.05) is 13.1 Å². The van der Waals surface area contributed by atoms with Gasteiger partial charge in [-0.15, -0.1) is 0 Å². The molecule has 0 spiro atoms. The van der Waals surface area contributed by atoms with Crippen molar-refractivity contribution >= 4 is 0 Å². The summed E-state index contributed by atoms with van der Waals surface area (Å²) in [5.41, 5.74) is 2.60. The zero-order valence-electron chi connectivity index (χ0n) is 11.3. The van der Waals surface area contributed by atoms with E-state index in [1.165, 1.54) is 5.56 Å². The van der Waals surface area contributed by atoms with Crippen LogP contribution in [-0.2, 0) is 12.0 Å². The van der Waals surface area contributed by atoms with Crippen LogP contribution in [0.15, 0.2) is 24.3 Å². The second kappa shape index (κ2) is 4.61. The topological polar surface area (TPSA) is 3.24 Å². The van der Waals surface area contributed by atoms with Gasteiger partial charge in [0.05, 0.1) is 13.1 Å². The molecule has 0 amide bonds. The summed E-state index contributed by atoms with van der Waals surface area (Å²) < 4.78 is 25.4. The molecule has 1 aliphatic heterocycles. The summed E-state index contributed by atoms with van der Waals surface area (Å²) in [6.07, 6.45) is 1.09. The van der Waals surface area contributed by atoms with E-state index < -0.39 is 5.92 Å². The maximum absolute atomic E-state index is 12.7. The van der Waals surface area contributed by atoms with Gasteiger partial charge in [0.25, 0.3) is 5.92 Å². The van der Waals surface area contributed by atoms with E-state index in [9.17, 15) is 8.78 Å². The van der Waals surface area contributed by atoms with Crippen LogP contribution in [-0.4, -0.2) is 23.9 Å². The Balaban J connectivity index is 1.97. The van der Waals surface area contributed by atoms with Gasteiger partial charge in [-0.2, -0.15) is 0 Å². The second-order valence-electron chi connectivity index (χ2n) is 5.94. The number of hydrogen-bond acceptors (Lipinski definition) is 1. The molecule has 0 aromatic heterocycles. The van der Waals surface area contributed by atoms with Crippen LogP contribution in [0.4, 0.5) is 8.78 Å². The van der Waals surface area contributed by atoms with Crippen molar-refractivity contribution in [2.45, 2.75) is 45.1 Å². The molecule has 1 aromatic rings. The lowest BCUT2D eigenvalue weighted by atomic mass is 9.82. The van der Waals surface area contributed by atoms with Gasteiger partial charge in [-0.1, -0.05) is 45.0 Å². The third kappa shape index (κ3) is 2.89. The molecule has 0 unspecified atom stereocenters. The Bertz CT molecular complexity index is 401. The van der Waals surface area contributed by atoms with Gasteiger partial charge in [-0.05, 0) is 23.0 Å². The molecule has 100 valence electrons. The molecule has 3 heteroatoms. The molecule has 1 nitrogen and oxygen atoms in total. The van der Waals surface area contributed by atoms with Crippen molar-refractivity contribution in [3.05, 3.63) is 35.4 Å². The molecule has 0 aliphatic carbocycles. The zero-order valence-corrected chi connectivity index (χ0v) is 11.3. The number of hydrogen-bond donors (Lipinski definition) is 0. The van der Waals surface area contributed by atoms with E-state index in [0.29, 0.717) is 6.54 Å². The molecule has 0 N–H and O–H groups in total. The number of nitrogens with zero attached hydrogens (tertiary/aromatic N) is 1. The van der Waals surface area contributed by atoms with Crippen molar-refractivity contribution in [3.8, 4) is 0 Å². The standard InChI is InChI=1S/C15H21F2N/c1-4-14(2,3)13-7-5-12(6-8-13)9-18-10-15(16,17)11-18/h5-8H,4,9-11H2,1-3H3. The summed E-state index contributed by atoms with van der Waals surface area (Å²) in [5, 5.41) is 0. The van der Waals surface area contributed by atoms with Crippen LogP contribution in [0.1, 0.15) is 38.3 Å². The summed E-state index contributed by atoms with van der Waals surface area (Å²) in [6.45, 7) is 7.04. The Kier molecular flexibility index (Phi) is 3.45. The minimum Gasteiger partial charge on any atom is -0.287 e. The fourth-order valence-electron chi connectivity index (χ4n) is 2.24. The summed E-state index contributed by atoms with van der Waals surface area (Å²) in [7, 11) is 0. The van der Waals surface area contributed by atoms with Gasteiger partial charge in [-0.3, -0.25) is 4.90 Å². The van der Waals surface area contributed by atoms with Crippen molar-refractivity contribution in [1.29, 1.82) is 0 Å². The van der Waals surface area contributed by atoms with E-state index in [2.05, 4.69) is 45.0 Å². The summed E-state index contributed by atoms with van der Waals surface area (Å²) in [6, 6.07) is 8.36. The van der Waals surface area contributed by atoms with Crippen LogP contribution in [0.5, 0.6) is 0 Å². The van der Waals surface area contributed by atoms with Crippen LogP contribution in [0.25, 0.3) is 0 Å².